The van der Waals surface area contributed by atoms with Crippen molar-refractivity contribution in [2.45, 2.75) is 13.3 Å². The minimum absolute atomic E-state index is 0.0244. The minimum atomic E-state index is -0.0244. The van der Waals surface area contributed by atoms with Crippen LogP contribution < -0.4 is 9.47 Å². The molecule has 0 saturated carbocycles. The van der Waals surface area contributed by atoms with E-state index in [-0.39, 0.29) is 11.6 Å². The minimum Gasteiger partial charge on any atom is -0.490 e. The van der Waals surface area contributed by atoms with Crippen molar-refractivity contribution in [3.63, 3.8) is 0 Å². The van der Waals surface area contributed by atoms with Gasteiger partial charge in [-0.2, -0.15) is 0 Å². The van der Waals surface area contributed by atoms with Gasteiger partial charge in [-0.05, 0) is 59.5 Å². The zero-order valence-corrected chi connectivity index (χ0v) is 20.2. The van der Waals surface area contributed by atoms with Crippen molar-refractivity contribution in [3.8, 4) is 22.6 Å². The van der Waals surface area contributed by atoms with Gasteiger partial charge in [-0.3, -0.25) is 9.59 Å². The summed E-state index contributed by atoms with van der Waals surface area (Å²) in [7, 11) is 0. The number of carbonyl (C=O) groups excluding carboxylic acids is 2. The van der Waals surface area contributed by atoms with Crippen LogP contribution in [0.1, 0.15) is 28.4 Å². The average Bonchev–Trinajstić information content (AvgIpc) is 2.91. The molecular weight excluding hydrogens is 448 g/mol. The smallest absolute Gasteiger partial charge is 0.185 e. The lowest BCUT2D eigenvalue weighted by Crippen LogP contribution is -2.08. The fourth-order valence-electron chi connectivity index (χ4n) is 3.71. The van der Waals surface area contributed by atoms with Crippen LogP contribution in [-0.4, -0.2) is 24.8 Å². The van der Waals surface area contributed by atoms with Crippen LogP contribution in [0.5, 0.6) is 11.5 Å². The molecule has 4 aromatic rings. The molecule has 0 fully saturated rings. The monoisotopic (exact) mass is 476 g/mol. The van der Waals surface area contributed by atoms with Crippen molar-refractivity contribution in [3.05, 3.63) is 126 Å². The summed E-state index contributed by atoms with van der Waals surface area (Å²) < 4.78 is 11.6. The maximum atomic E-state index is 12.2. The summed E-state index contributed by atoms with van der Waals surface area (Å²) >= 11 is 0. The van der Waals surface area contributed by atoms with Gasteiger partial charge in [0.2, 0.25) is 0 Å². The lowest BCUT2D eigenvalue weighted by Gasteiger charge is -2.09. The number of hydrogen-bond donors (Lipinski definition) is 0. The van der Waals surface area contributed by atoms with E-state index in [9.17, 15) is 9.59 Å². The maximum Gasteiger partial charge on any atom is 0.185 e. The van der Waals surface area contributed by atoms with Crippen LogP contribution in [0.25, 0.3) is 17.2 Å². The van der Waals surface area contributed by atoms with Crippen LogP contribution in [0.2, 0.25) is 0 Å². The van der Waals surface area contributed by atoms with Gasteiger partial charge >= 0.3 is 0 Å². The van der Waals surface area contributed by atoms with E-state index in [2.05, 4.69) is 0 Å². The van der Waals surface area contributed by atoms with Gasteiger partial charge in [-0.1, -0.05) is 84.9 Å². The molecule has 4 nitrogen and oxygen atoms in total. The molecule has 0 amide bonds. The Morgan fingerprint density at radius 1 is 0.667 bits per heavy atom. The molecule has 0 atom stereocenters. The molecule has 0 aliphatic rings. The Hall–Kier alpha value is -4.44. The third-order valence-corrected chi connectivity index (χ3v) is 5.58. The standard InChI is InChI=1S/C32H28O4/c1-24(33)23-26-7-12-27(13-8-26)28-14-18-31(19-15-28)36-22-21-35-30-16-9-25(10-17-30)11-20-32(34)29-5-3-2-4-6-29/h2-20H,21-23H2,1H3/b20-11+. The highest BCUT2D eigenvalue weighted by Crippen LogP contribution is 2.23. The van der Waals surface area contributed by atoms with Crippen LogP contribution in [0.4, 0.5) is 0 Å². The largest absolute Gasteiger partial charge is 0.490 e. The van der Waals surface area contributed by atoms with Crippen molar-refractivity contribution < 1.29 is 19.1 Å². The van der Waals surface area contributed by atoms with E-state index in [0.29, 0.717) is 25.2 Å². The molecule has 180 valence electrons. The lowest BCUT2D eigenvalue weighted by atomic mass is 10.0. The Labute approximate surface area is 211 Å². The molecule has 4 aromatic carbocycles. The van der Waals surface area contributed by atoms with E-state index in [1.165, 1.54) is 0 Å². The van der Waals surface area contributed by atoms with Gasteiger partial charge in [-0.25, -0.2) is 0 Å². The number of carbonyl (C=O) groups is 2. The van der Waals surface area contributed by atoms with Crippen LogP contribution in [0.3, 0.4) is 0 Å². The predicted octanol–water partition coefficient (Wildman–Crippen LogP) is 6.84. The highest BCUT2D eigenvalue weighted by atomic mass is 16.5. The fraction of sp³-hybridized carbons (Fsp3) is 0.125. The van der Waals surface area contributed by atoms with Gasteiger partial charge in [0.05, 0.1) is 0 Å². The third kappa shape index (κ3) is 7.28. The molecule has 4 rings (SSSR count). The molecule has 0 spiro atoms. The topological polar surface area (TPSA) is 52.6 Å². The second kappa shape index (κ2) is 12.3. The highest BCUT2D eigenvalue weighted by molar-refractivity contribution is 6.06. The molecule has 0 saturated heterocycles. The first-order valence-corrected chi connectivity index (χ1v) is 11.9. The first kappa shape index (κ1) is 24.7. The molecule has 36 heavy (non-hydrogen) atoms. The second-order valence-electron chi connectivity index (χ2n) is 8.43. The zero-order chi connectivity index (χ0) is 25.2. The molecule has 4 heteroatoms. The Morgan fingerprint density at radius 2 is 1.19 bits per heavy atom. The van der Waals surface area contributed by atoms with Crippen molar-refractivity contribution in [1.82, 2.24) is 0 Å². The number of ketones is 2. The molecule has 0 N–H and O–H groups in total. The third-order valence-electron chi connectivity index (χ3n) is 5.58. The van der Waals surface area contributed by atoms with Gasteiger partial charge in [0.1, 0.15) is 30.5 Å². The number of hydrogen-bond acceptors (Lipinski definition) is 4. The van der Waals surface area contributed by atoms with Crippen molar-refractivity contribution >= 4 is 17.6 Å². The van der Waals surface area contributed by atoms with Crippen molar-refractivity contribution in [2.75, 3.05) is 13.2 Å². The molecule has 0 unspecified atom stereocenters. The Balaban J connectivity index is 1.21. The quantitative estimate of drug-likeness (QED) is 0.135. The number of rotatable bonds is 11. The number of benzene rings is 4. The zero-order valence-electron chi connectivity index (χ0n) is 20.2. The molecule has 0 heterocycles. The van der Waals surface area contributed by atoms with Gasteiger partial charge < -0.3 is 9.47 Å². The van der Waals surface area contributed by atoms with E-state index in [1.807, 2.05) is 91.0 Å². The SMILES string of the molecule is CC(=O)Cc1ccc(-c2ccc(OCCOc3ccc(/C=C/C(=O)c4ccccc4)cc3)cc2)cc1. The summed E-state index contributed by atoms with van der Waals surface area (Å²) in [5, 5.41) is 0. The van der Waals surface area contributed by atoms with E-state index in [1.54, 1.807) is 31.2 Å². The van der Waals surface area contributed by atoms with Crippen molar-refractivity contribution in [2.24, 2.45) is 0 Å². The number of allylic oxidation sites excluding steroid dienone is 1. The summed E-state index contributed by atoms with van der Waals surface area (Å²) in [6.07, 6.45) is 3.84. The second-order valence-corrected chi connectivity index (χ2v) is 8.43. The summed E-state index contributed by atoms with van der Waals surface area (Å²) in [5.41, 5.74) is 4.81. The van der Waals surface area contributed by atoms with E-state index >= 15 is 0 Å². The normalized spacial score (nSPS) is 10.8. The average molecular weight is 477 g/mol. The fourth-order valence-corrected chi connectivity index (χ4v) is 3.71. The summed E-state index contributed by atoms with van der Waals surface area (Å²) in [4.78, 5) is 23.4. The maximum absolute atomic E-state index is 12.2. The molecule has 0 bridgehead atoms. The molecule has 0 aliphatic carbocycles. The Bertz CT molecular complexity index is 1300. The van der Waals surface area contributed by atoms with Crippen molar-refractivity contribution in [1.29, 1.82) is 0 Å². The molecular formula is C32H28O4. The van der Waals surface area contributed by atoms with E-state index < -0.39 is 0 Å². The molecule has 0 aliphatic heterocycles. The van der Waals surface area contributed by atoms with Crippen LogP contribution >= 0.6 is 0 Å². The predicted molar refractivity (Wildman–Crippen MR) is 144 cm³/mol. The van der Waals surface area contributed by atoms with Gasteiger partial charge in [0.25, 0.3) is 0 Å². The van der Waals surface area contributed by atoms with E-state index in [0.717, 1.165) is 33.8 Å². The number of ether oxygens (including phenoxy) is 2. The summed E-state index contributed by atoms with van der Waals surface area (Å²) in [5.74, 6) is 1.66. The van der Waals surface area contributed by atoms with Crippen LogP contribution in [-0.2, 0) is 11.2 Å². The Morgan fingerprint density at radius 3 is 1.75 bits per heavy atom. The summed E-state index contributed by atoms with van der Waals surface area (Å²) in [6, 6.07) is 32.7. The summed E-state index contributed by atoms with van der Waals surface area (Å²) in [6.45, 7) is 2.44. The Kier molecular flexibility index (Phi) is 8.44. The van der Waals surface area contributed by atoms with Crippen LogP contribution in [0, 0.1) is 0 Å². The molecule has 0 radical (unpaired) electrons. The van der Waals surface area contributed by atoms with E-state index in [4.69, 9.17) is 9.47 Å². The lowest BCUT2D eigenvalue weighted by molar-refractivity contribution is -0.116. The van der Waals surface area contributed by atoms with Gasteiger partial charge in [0, 0.05) is 12.0 Å². The number of Topliss-reactive ketones (excluding diaryl/α,β-unsaturated/α-hetero) is 1. The first-order valence-electron chi connectivity index (χ1n) is 11.9. The van der Waals surface area contributed by atoms with Crippen LogP contribution in [0.15, 0.2) is 109 Å². The highest BCUT2D eigenvalue weighted by Gasteiger charge is 2.03. The van der Waals surface area contributed by atoms with Gasteiger partial charge in [0.15, 0.2) is 5.78 Å². The molecule has 0 aromatic heterocycles. The van der Waals surface area contributed by atoms with Gasteiger partial charge in [-0.15, -0.1) is 0 Å². The first-order chi connectivity index (χ1) is 17.6.